The Morgan fingerprint density at radius 1 is 1.00 bits per heavy atom. The molecular weight excluding hydrogens is 369 g/mol. The summed E-state index contributed by atoms with van der Waals surface area (Å²) in [5.41, 5.74) is 1.05. The molecule has 3 amide bonds. The van der Waals surface area contributed by atoms with Gasteiger partial charge in [0, 0.05) is 0 Å². The lowest BCUT2D eigenvalue weighted by atomic mass is 9.87. The molecule has 0 aromatic heterocycles. The van der Waals surface area contributed by atoms with Crippen molar-refractivity contribution in [1.29, 1.82) is 0 Å². The number of alkyl halides is 3. The van der Waals surface area contributed by atoms with Crippen LogP contribution in [0.3, 0.4) is 0 Å². The summed E-state index contributed by atoms with van der Waals surface area (Å²) in [7, 11) is 0. The molecule has 0 fully saturated rings. The predicted octanol–water partition coefficient (Wildman–Crippen LogP) is 2.29. The fourth-order valence-corrected chi connectivity index (χ4v) is 1.77. The number of hydrogen-bond acceptors (Lipinski definition) is 5. The number of imide groups is 1. The van der Waals surface area contributed by atoms with Crippen molar-refractivity contribution in [1.82, 2.24) is 10.6 Å². The Morgan fingerprint density at radius 2 is 1.59 bits per heavy atom. The number of ether oxygens (including phenoxy) is 2. The number of amides is 3. The van der Waals surface area contributed by atoms with Crippen LogP contribution >= 0.6 is 0 Å². The summed E-state index contributed by atoms with van der Waals surface area (Å²) in [5.74, 6) is -1.52. The number of rotatable bonds is 6. The Labute approximate surface area is 154 Å². The van der Waals surface area contributed by atoms with Gasteiger partial charge < -0.3 is 14.8 Å². The van der Waals surface area contributed by atoms with E-state index in [0.717, 1.165) is 5.56 Å². The van der Waals surface area contributed by atoms with Crippen molar-refractivity contribution in [2.24, 2.45) is 0 Å². The lowest BCUT2D eigenvalue weighted by Gasteiger charge is -2.19. The van der Waals surface area contributed by atoms with Gasteiger partial charge in [0.05, 0.1) is 0 Å². The molecule has 0 spiro atoms. The highest BCUT2D eigenvalue weighted by molar-refractivity contribution is 5.95. The summed E-state index contributed by atoms with van der Waals surface area (Å²) in [4.78, 5) is 33.9. The van der Waals surface area contributed by atoms with Gasteiger partial charge in [0.2, 0.25) is 0 Å². The lowest BCUT2D eigenvalue weighted by molar-refractivity contribution is -0.150. The Kier molecular flexibility index (Phi) is 7.62. The maximum absolute atomic E-state index is 11.9. The summed E-state index contributed by atoms with van der Waals surface area (Å²) >= 11 is 0. The van der Waals surface area contributed by atoms with E-state index in [-0.39, 0.29) is 5.41 Å². The van der Waals surface area contributed by atoms with Gasteiger partial charge in [0.15, 0.2) is 13.2 Å². The first-order valence-electron chi connectivity index (χ1n) is 7.90. The van der Waals surface area contributed by atoms with Gasteiger partial charge in [-0.25, -0.2) is 9.59 Å². The van der Waals surface area contributed by atoms with E-state index in [1.807, 2.05) is 12.1 Å². The predicted molar refractivity (Wildman–Crippen MR) is 89.2 cm³/mol. The van der Waals surface area contributed by atoms with Gasteiger partial charge in [-0.2, -0.15) is 13.2 Å². The van der Waals surface area contributed by atoms with Gasteiger partial charge in [-0.15, -0.1) is 0 Å². The van der Waals surface area contributed by atoms with Crippen molar-refractivity contribution in [2.45, 2.75) is 32.4 Å². The molecule has 1 aromatic rings. The molecule has 150 valence electrons. The minimum Gasteiger partial charge on any atom is -0.482 e. The number of nitrogens with one attached hydrogen (secondary N) is 2. The number of halogens is 3. The maximum Gasteiger partial charge on any atom is 0.405 e. The summed E-state index contributed by atoms with van der Waals surface area (Å²) in [6.07, 6.45) is -4.60. The van der Waals surface area contributed by atoms with Crippen molar-refractivity contribution in [3.8, 4) is 5.75 Å². The fraction of sp³-hybridized carbons (Fsp3) is 0.471. The highest BCUT2D eigenvalue weighted by atomic mass is 19.4. The van der Waals surface area contributed by atoms with Gasteiger partial charge in [-0.05, 0) is 23.1 Å². The Bertz CT molecular complexity index is 667. The van der Waals surface area contributed by atoms with E-state index in [2.05, 4.69) is 25.5 Å². The molecule has 27 heavy (non-hydrogen) atoms. The number of benzene rings is 1. The third kappa shape index (κ3) is 9.47. The van der Waals surface area contributed by atoms with Gasteiger partial charge in [0.25, 0.3) is 5.91 Å². The number of carbonyl (C=O) groups excluding carboxylic acids is 3. The molecule has 0 saturated carbocycles. The van der Waals surface area contributed by atoms with Crippen LogP contribution in [0.15, 0.2) is 24.3 Å². The minimum atomic E-state index is -4.60. The van der Waals surface area contributed by atoms with E-state index in [1.54, 1.807) is 17.4 Å². The molecule has 2 N–H and O–H groups in total. The van der Waals surface area contributed by atoms with Gasteiger partial charge in [-0.3, -0.25) is 10.1 Å². The first kappa shape index (κ1) is 22.3. The van der Waals surface area contributed by atoms with Crippen LogP contribution in [0, 0.1) is 0 Å². The standard InChI is InChI=1S/C17H21F3N2O5/c1-16(2,3)11-4-6-12(7-5-11)26-9-14(24)27-8-13(23)22-15(25)21-10-17(18,19)20/h4-7H,8-10H2,1-3H3,(H2,21,22,23,25). The number of urea groups is 1. The molecule has 1 rings (SSSR count). The second-order valence-corrected chi connectivity index (χ2v) is 6.57. The smallest absolute Gasteiger partial charge is 0.405 e. The maximum atomic E-state index is 11.9. The SMILES string of the molecule is CC(C)(C)c1ccc(OCC(=O)OCC(=O)NC(=O)NCC(F)(F)F)cc1. The fourth-order valence-electron chi connectivity index (χ4n) is 1.77. The Balaban J connectivity index is 2.30. The molecule has 10 heteroatoms. The second kappa shape index (κ2) is 9.24. The molecule has 7 nitrogen and oxygen atoms in total. The molecule has 0 aliphatic carbocycles. The number of hydrogen-bond donors (Lipinski definition) is 2. The molecule has 0 heterocycles. The normalized spacial score (nSPS) is 11.5. The number of carbonyl (C=O) groups is 3. The summed E-state index contributed by atoms with van der Waals surface area (Å²) in [6, 6.07) is 5.74. The molecule has 0 atom stereocenters. The van der Waals surface area contributed by atoms with Crippen molar-refractivity contribution in [2.75, 3.05) is 19.8 Å². The van der Waals surface area contributed by atoms with E-state index in [1.165, 1.54) is 5.32 Å². The third-order valence-electron chi connectivity index (χ3n) is 3.14. The first-order valence-corrected chi connectivity index (χ1v) is 7.90. The molecule has 0 bridgehead atoms. The molecule has 1 aromatic carbocycles. The molecule has 0 aliphatic heterocycles. The molecule has 0 radical (unpaired) electrons. The van der Waals surface area contributed by atoms with Crippen molar-refractivity contribution in [3.05, 3.63) is 29.8 Å². The average Bonchev–Trinajstić information content (AvgIpc) is 2.55. The van der Waals surface area contributed by atoms with Gasteiger partial charge in [0.1, 0.15) is 12.3 Å². The van der Waals surface area contributed by atoms with E-state index in [4.69, 9.17) is 4.74 Å². The Hall–Kier alpha value is -2.78. The van der Waals surface area contributed by atoms with Crippen LogP contribution in [0.4, 0.5) is 18.0 Å². The monoisotopic (exact) mass is 390 g/mol. The quantitative estimate of drug-likeness (QED) is 0.727. The summed E-state index contributed by atoms with van der Waals surface area (Å²) in [6.45, 7) is 3.26. The molecule has 0 saturated heterocycles. The van der Waals surface area contributed by atoms with Crippen LogP contribution in [-0.4, -0.2) is 43.8 Å². The van der Waals surface area contributed by atoms with E-state index in [0.29, 0.717) is 5.75 Å². The van der Waals surface area contributed by atoms with Crippen molar-refractivity contribution >= 4 is 17.9 Å². The van der Waals surface area contributed by atoms with Crippen LogP contribution in [0.5, 0.6) is 5.75 Å². The highest BCUT2D eigenvalue weighted by Gasteiger charge is 2.28. The number of esters is 1. The first-order chi connectivity index (χ1) is 12.4. The third-order valence-corrected chi connectivity index (χ3v) is 3.14. The van der Waals surface area contributed by atoms with Crippen LogP contribution in [0.2, 0.25) is 0 Å². The van der Waals surface area contributed by atoms with Gasteiger partial charge >= 0.3 is 18.2 Å². The highest BCUT2D eigenvalue weighted by Crippen LogP contribution is 2.24. The molecule has 0 unspecified atom stereocenters. The zero-order chi connectivity index (χ0) is 20.7. The Morgan fingerprint density at radius 3 is 2.11 bits per heavy atom. The van der Waals surface area contributed by atoms with E-state index >= 15 is 0 Å². The lowest BCUT2D eigenvalue weighted by Crippen LogP contribution is -2.44. The minimum absolute atomic E-state index is 0.0305. The van der Waals surface area contributed by atoms with Crippen LogP contribution < -0.4 is 15.4 Å². The summed E-state index contributed by atoms with van der Waals surface area (Å²) in [5, 5.41) is 3.04. The summed E-state index contributed by atoms with van der Waals surface area (Å²) < 4.78 is 45.5. The topological polar surface area (TPSA) is 93.7 Å². The zero-order valence-electron chi connectivity index (χ0n) is 15.1. The van der Waals surface area contributed by atoms with E-state index in [9.17, 15) is 27.6 Å². The van der Waals surface area contributed by atoms with Crippen LogP contribution in [0.1, 0.15) is 26.3 Å². The average molecular weight is 390 g/mol. The van der Waals surface area contributed by atoms with E-state index < -0.39 is 43.8 Å². The second-order valence-electron chi connectivity index (χ2n) is 6.57. The van der Waals surface area contributed by atoms with Crippen molar-refractivity contribution in [3.63, 3.8) is 0 Å². The molecule has 0 aliphatic rings. The van der Waals surface area contributed by atoms with Crippen LogP contribution in [0.25, 0.3) is 0 Å². The van der Waals surface area contributed by atoms with Crippen molar-refractivity contribution < 1.29 is 37.0 Å². The molecular formula is C17H21F3N2O5. The largest absolute Gasteiger partial charge is 0.482 e. The van der Waals surface area contributed by atoms with Crippen LogP contribution in [-0.2, 0) is 19.7 Å². The zero-order valence-corrected chi connectivity index (χ0v) is 15.1. The van der Waals surface area contributed by atoms with Gasteiger partial charge in [-0.1, -0.05) is 32.9 Å².